The molecule has 0 amide bonds. The lowest BCUT2D eigenvalue weighted by atomic mass is 9.78. The standard InChI is InChI=1S/C24H28O/c1-3-17-25-18-20-7-11-22(12-8-20)24-15-13-23(14-16-24)21-9-5-19(4-2)6-10-21/h3-4,7-8,11-16,19,21H,1-2,5-6,9-10,17-18H2. The van der Waals surface area contributed by atoms with E-state index in [0.717, 1.165) is 11.8 Å². The fourth-order valence-corrected chi connectivity index (χ4v) is 3.69. The Bertz CT molecular complexity index is 673. The Hall–Kier alpha value is -2.12. The van der Waals surface area contributed by atoms with E-state index in [9.17, 15) is 0 Å². The molecular formula is C24H28O. The van der Waals surface area contributed by atoms with E-state index in [4.69, 9.17) is 4.74 Å². The molecule has 0 unspecified atom stereocenters. The zero-order valence-corrected chi connectivity index (χ0v) is 15.0. The number of allylic oxidation sites excluding steroid dienone is 1. The first kappa shape index (κ1) is 17.7. The molecule has 0 N–H and O–H groups in total. The predicted molar refractivity (Wildman–Crippen MR) is 107 cm³/mol. The second-order valence-corrected chi connectivity index (χ2v) is 6.97. The van der Waals surface area contributed by atoms with E-state index in [2.05, 4.69) is 67.8 Å². The van der Waals surface area contributed by atoms with Crippen LogP contribution in [0.25, 0.3) is 11.1 Å². The van der Waals surface area contributed by atoms with Crippen LogP contribution in [-0.2, 0) is 11.3 Å². The SMILES string of the molecule is C=CCOCc1ccc(-c2ccc(C3CCC(C=C)CC3)cc2)cc1. The van der Waals surface area contributed by atoms with E-state index in [0.29, 0.717) is 13.2 Å². The van der Waals surface area contributed by atoms with Gasteiger partial charge >= 0.3 is 0 Å². The van der Waals surface area contributed by atoms with Crippen LogP contribution in [0.3, 0.4) is 0 Å². The predicted octanol–water partition coefficient (Wildman–Crippen LogP) is 6.52. The molecule has 0 aromatic heterocycles. The number of rotatable bonds is 7. The fraction of sp³-hybridized carbons (Fsp3) is 0.333. The van der Waals surface area contributed by atoms with Crippen LogP contribution in [0.4, 0.5) is 0 Å². The summed E-state index contributed by atoms with van der Waals surface area (Å²) in [5.41, 5.74) is 5.22. The molecule has 0 saturated heterocycles. The summed E-state index contributed by atoms with van der Waals surface area (Å²) in [4.78, 5) is 0. The summed E-state index contributed by atoms with van der Waals surface area (Å²) in [6.07, 6.45) is 9.05. The zero-order valence-electron chi connectivity index (χ0n) is 15.0. The van der Waals surface area contributed by atoms with Crippen LogP contribution in [0.2, 0.25) is 0 Å². The van der Waals surface area contributed by atoms with Gasteiger partial charge in [0.15, 0.2) is 0 Å². The summed E-state index contributed by atoms with van der Waals surface area (Å²) in [5, 5.41) is 0. The van der Waals surface area contributed by atoms with Crippen LogP contribution in [0, 0.1) is 5.92 Å². The first-order chi connectivity index (χ1) is 12.3. The van der Waals surface area contributed by atoms with Crippen molar-refractivity contribution < 1.29 is 4.74 Å². The summed E-state index contributed by atoms with van der Waals surface area (Å²) in [7, 11) is 0. The van der Waals surface area contributed by atoms with E-state index in [-0.39, 0.29) is 0 Å². The average Bonchev–Trinajstić information content (AvgIpc) is 2.69. The van der Waals surface area contributed by atoms with E-state index in [1.807, 2.05) is 0 Å². The Kier molecular flexibility index (Phi) is 6.25. The Morgan fingerprint density at radius 1 is 0.840 bits per heavy atom. The molecule has 0 heterocycles. The van der Waals surface area contributed by atoms with Crippen molar-refractivity contribution >= 4 is 0 Å². The minimum absolute atomic E-state index is 0.595. The summed E-state index contributed by atoms with van der Waals surface area (Å²) in [5.74, 6) is 1.44. The molecule has 1 aliphatic rings. The lowest BCUT2D eigenvalue weighted by Crippen LogP contribution is -2.11. The topological polar surface area (TPSA) is 9.23 Å². The maximum atomic E-state index is 5.49. The number of hydrogen-bond acceptors (Lipinski definition) is 1. The van der Waals surface area contributed by atoms with Crippen LogP contribution < -0.4 is 0 Å². The normalized spacial score (nSPS) is 20.2. The van der Waals surface area contributed by atoms with Crippen molar-refractivity contribution in [2.24, 2.45) is 5.92 Å². The van der Waals surface area contributed by atoms with Gasteiger partial charge in [-0.2, -0.15) is 0 Å². The molecule has 1 fully saturated rings. The highest BCUT2D eigenvalue weighted by molar-refractivity contribution is 5.64. The molecule has 2 aromatic rings. The van der Waals surface area contributed by atoms with Gasteiger partial charge in [-0.3, -0.25) is 0 Å². The van der Waals surface area contributed by atoms with Crippen molar-refractivity contribution in [2.45, 2.75) is 38.2 Å². The first-order valence-electron chi connectivity index (χ1n) is 9.30. The third kappa shape index (κ3) is 4.70. The van der Waals surface area contributed by atoms with Gasteiger partial charge in [-0.25, -0.2) is 0 Å². The van der Waals surface area contributed by atoms with Gasteiger partial charge in [-0.15, -0.1) is 13.2 Å². The largest absolute Gasteiger partial charge is 0.373 e. The third-order valence-corrected chi connectivity index (χ3v) is 5.28. The summed E-state index contributed by atoms with van der Waals surface area (Å²) in [6, 6.07) is 17.8. The molecule has 3 rings (SSSR count). The quantitative estimate of drug-likeness (QED) is 0.414. The Labute approximate surface area is 152 Å². The van der Waals surface area contributed by atoms with Gasteiger partial charge in [-0.1, -0.05) is 60.7 Å². The van der Waals surface area contributed by atoms with Crippen LogP contribution >= 0.6 is 0 Å². The van der Waals surface area contributed by atoms with Gasteiger partial charge in [0.1, 0.15) is 0 Å². The highest BCUT2D eigenvalue weighted by atomic mass is 16.5. The molecular weight excluding hydrogens is 304 g/mol. The average molecular weight is 332 g/mol. The molecule has 1 aliphatic carbocycles. The monoisotopic (exact) mass is 332 g/mol. The molecule has 0 bridgehead atoms. The highest BCUT2D eigenvalue weighted by Crippen LogP contribution is 2.36. The van der Waals surface area contributed by atoms with Crippen molar-refractivity contribution in [3.8, 4) is 11.1 Å². The lowest BCUT2D eigenvalue weighted by molar-refractivity contribution is 0.149. The van der Waals surface area contributed by atoms with Gasteiger partial charge in [0.2, 0.25) is 0 Å². The molecule has 130 valence electrons. The third-order valence-electron chi connectivity index (χ3n) is 5.28. The molecule has 1 saturated carbocycles. The molecule has 1 nitrogen and oxygen atoms in total. The minimum Gasteiger partial charge on any atom is -0.373 e. The van der Waals surface area contributed by atoms with Crippen molar-refractivity contribution in [2.75, 3.05) is 6.61 Å². The van der Waals surface area contributed by atoms with Crippen LogP contribution in [0.5, 0.6) is 0 Å². The number of hydrogen-bond donors (Lipinski definition) is 0. The van der Waals surface area contributed by atoms with Crippen LogP contribution in [0.15, 0.2) is 73.8 Å². The summed E-state index contributed by atoms with van der Waals surface area (Å²) in [6.45, 7) is 8.84. The van der Waals surface area contributed by atoms with Crippen molar-refractivity contribution in [3.63, 3.8) is 0 Å². The summed E-state index contributed by atoms with van der Waals surface area (Å²) < 4.78 is 5.49. The van der Waals surface area contributed by atoms with Crippen LogP contribution in [-0.4, -0.2) is 6.61 Å². The molecule has 0 aliphatic heterocycles. The maximum Gasteiger partial charge on any atom is 0.0721 e. The number of benzene rings is 2. The molecule has 0 spiro atoms. The molecule has 0 atom stereocenters. The van der Waals surface area contributed by atoms with Gasteiger partial charge in [0, 0.05) is 0 Å². The molecule has 0 radical (unpaired) electrons. The maximum absolute atomic E-state index is 5.49. The minimum atomic E-state index is 0.595. The van der Waals surface area contributed by atoms with Crippen LogP contribution in [0.1, 0.15) is 42.7 Å². The van der Waals surface area contributed by atoms with E-state index in [1.54, 1.807) is 6.08 Å². The molecule has 1 heteroatoms. The van der Waals surface area contributed by atoms with Crippen molar-refractivity contribution in [1.29, 1.82) is 0 Å². The lowest BCUT2D eigenvalue weighted by Gasteiger charge is -2.27. The van der Waals surface area contributed by atoms with Gasteiger partial charge in [-0.05, 0) is 59.8 Å². The van der Waals surface area contributed by atoms with E-state index in [1.165, 1.54) is 47.9 Å². The first-order valence-corrected chi connectivity index (χ1v) is 9.30. The van der Waals surface area contributed by atoms with E-state index >= 15 is 0 Å². The Balaban J connectivity index is 1.62. The number of ether oxygens (including phenoxy) is 1. The highest BCUT2D eigenvalue weighted by Gasteiger charge is 2.20. The van der Waals surface area contributed by atoms with Crippen molar-refractivity contribution in [1.82, 2.24) is 0 Å². The Morgan fingerprint density at radius 3 is 2.00 bits per heavy atom. The molecule has 2 aromatic carbocycles. The van der Waals surface area contributed by atoms with E-state index < -0.39 is 0 Å². The summed E-state index contributed by atoms with van der Waals surface area (Å²) >= 11 is 0. The van der Waals surface area contributed by atoms with Gasteiger partial charge < -0.3 is 4.74 Å². The smallest absolute Gasteiger partial charge is 0.0721 e. The zero-order chi connectivity index (χ0) is 17.5. The van der Waals surface area contributed by atoms with Crippen molar-refractivity contribution in [3.05, 3.63) is 85.0 Å². The second-order valence-electron chi connectivity index (χ2n) is 6.97. The fourth-order valence-electron chi connectivity index (χ4n) is 3.69. The Morgan fingerprint density at radius 2 is 1.44 bits per heavy atom. The van der Waals surface area contributed by atoms with Gasteiger partial charge in [0.05, 0.1) is 13.2 Å². The second kappa shape index (κ2) is 8.82. The van der Waals surface area contributed by atoms with Gasteiger partial charge in [0.25, 0.3) is 0 Å². The molecule has 25 heavy (non-hydrogen) atoms.